The van der Waals surface area contributed by atoms with Gasteiger partial charge in [0.1, 0.15) is 0 Å². The largest absolute Gasteiger partial charge is 0.352 e. The second-order valence-electron chi connectivity index (χ2n) is 6.24. The SMILES string of the molecule is Cl.O=C(NCC1CCCNC1)c1ccccc1Cc1ccccc1. The lowest BCUT2D eigenvalue weighted by molar-refractivity contribution is 0.0944. The molecule has 3 nitrogen and oxygen atoms in total. The third-order valence-electron chi connectivity index (χ3n) is 4.45. The average Bonchev–Trinajstić information content (AvgIpc) is 2.62. The molecule has 1 heterocycles. The highest BCUT2D eigenvalue weighted by Gasteiger charge is 2.16. The van der Waals surface area contributed by atoms with Crippen molar-refractivity contribution in [2.75, 3.05) is 19.6 Å². The Hall–Kier alpha value is -1.84. The Morgan fingerprint density at radius 2 is 1.83 bits per heavy atom. The molecule has 0 aliphatic carbocycles. The van der Waals surface area contributed by atoms with Crippen LogP contribution in [0.25, 0.3) is 0 Å². The quantitative estimate of drug-likeness (QED) is 0.872. The van der Waals surface area contributed by atoms with Crippen LogP contribution in [0.5, 0.6) is 0 Å². The minimum absolute atomic E-state index is 0. The molecule has 1 amide bonds. The van der Waals surface area contributed by atoms with E-state index < -0.39 is 0 Å². The van der Waals surface area contributed by atoms with Crippen molar-refractivity contribution in [1.29, 1.82) is 0 Å². The standard InChI is InChI=1S/C20H24N2O.ClH/c23-20(22-15-17-9-6-12-21-14-17)19-11-5-4-10-18(19)13-16-7-2-1-3-8-16;/h1-5,7-8,10-11,17,21H,6,9,12-15H2,(H,22,23);1H. The molecular formula is C20H25ClN2O. The van der Waals surface area contributed by atoms with Gasteiger partial charge in [0, 0.05) is 12.1 Å². The van der Waals surface area contributed by atoms with Crippen LogP contribution < -0.4 is 10.6 Å². The topological polar surface area (TPSA) is 41.1 Å². The van der Waals surface area contributed by atoms with Gasteiger partial charge in [-0.2, -0.15) is 0 Å². The lowest BCUT2D eigenvalue weighted by atomic mass is 9.98. The maximum Gasteiger partial charge on any atom is 0.251 e. The van der Waals surface area contributed by atoms with Crippen molar-refractivity contribution in [3.05, 3.63) is 71.3 Å². The van der Waals surface area contributed by atoms with Gasteiger partial charge in [0.05, 0.1) is 0 Å². The second-order valence-corrected chi connectivity index (χ2v) is 6.24. The third kappa shape index (κ3) is 5.08. The van der Waals surface area contributed by atoms with Crippen molar-refractivity contribution in [3.63, 3.8) is 0 Å². The molecule has 2 N–H and O–H groups in total. The van der Waals surface area contributed by atoms with Crippen LogP contribution in [0.2, 0.25) is 0 Å². The third-order valence-corrected chi connectivity index (χ3v) is 4.45. The first kappa shape index (κ1) is 18.5. The molecule has 2 aromatic carbocycles. The molecule has 0 radical (unpaired) electrons. The van der Waals surface area contributed by atoms with Gasteiger partial charge >= 0.3 is 0 Å². The summed E-state index contributed by atoms with van der Waals surface area (Å²) in [5.41, 5.74) is 3.10. The molecule has 1 unspecified atom stereocenters. The molecule has 1 aliphatic rings. The summed E-state index contributed by atoms with van der Waals surface area (Å²) in [5.74, 6) is 0.594. The van der Waals surface area contributed by atoms with Crippen LogP contribution in [0, 0.1) is 5.92 Å². The van der Waals surface area contributed by atoms with Gasteiger partial charge in [-0.15, -0.1) is 12.4 Å². The van der Waals surface area contributed by atoms with E-state index in [9.17, 15) is 4.79 Å². The highest BCUT2D eigenvalue weighted by molar-refractivity contribution is 5.95. The van der Waals surface area contributed by atoms with Crippen LogP contribution in [0.1, 0.15) is 34.3 Å². The molecule has 0 spiro atoms. The molecule has 1 aliphatic heterocycles. The van der Waals surface area contributed by atoms with Crippen LogP contribution in [0.4, 0.5) is 0 Å². The molecule has 0 bridgehead atoms. The number of carbonyl (C=O) groups excluding carboxylic acids is 1. The van der Waals surface area contributed by atoms with E-state index in [1.54, 1.807) is 0 Å². The molecule has 0 aromatic heterocycles. The van der Waals surface area contributed by atoms with Crippen LogP contribution in [-0.2, 0) is 6.42 Å². The second kappa shape index (κ2) is 9.45. The monoisotopic (exact) mass is 344 g/mol. The number of amides is 1. The Morgan fingerprint density at radius 1 is 1.08 bits per heavy atom. The fourth-order valence-corrected chi connectivity index (χ4v) is 3.14. The number of carbonyl (C=O) groups is 1. The molecule has 2 aromatic rings. The zero-order valence-electron chi connectivity index (χ0n) is 13.8. The first-order valence-corrected chi connectivity index (χ1v) is 8.43. The number of nitrogens with one attached hydrogen (secondary N) is 2. The zero-order valence-corrected chi connectivity index (χ0v) is 14.6. The molecule has 1 saturated heterocycles. The van der Waals surface area contributed by atoms with E-state index in [1.165, 1.54) is 18.4 Å². The van der Waals surface area contributed by atoms with E-state index in [4.69, 9.17) is 0 Å². The van der Waals surface area contributed by atoms with Crippen molar-refractivity contribution in [1.82, 2.24) is 10.6 Å². The van der Waals surface area contributed by atoms with E-state index in [2.05, 4.69) is 22.8 Å². The molecule has 1 fully saturated rings. The molecular weight excluding hydrogens is 320 g/mol. The van der Waals surface area contributed by atoms with Gasteiger partial charge in [0.25, 0.3) is 5.91 Å². The lowest BCUT2D eigenvalue weighted by Crippen LogP contribution is -2.38. The minimum atomic E-state index is 0. The average molecular weight is 345 g/mol. The number of benzene rings is 2. The van der Waals surface area contributed by atoms with E-state index in [1.807, 2.05) is 42.5 Å². The van der Waals surface area contributed by atoms with E-state index in [-0.39, 0.29) is 18.3 Å². The summed E-state index contributed by atoms with van der Waals surface area (Å²) in [4.78, 5) is 12.6. The van der Waals surface area contributed by atoms with Gasteiger partial charge < -0.3 is 10.6 Å². The fraction of sp³-hybridized carbons (Fsp3) is 0.350. The highest BCUT2D eigenvalue weighted by atomic mass is 35.5. The van der Waals surface area contributed by atoms with E-state index in [0.717, 1.165) is 37.2 Å². The fourth-order valence-electron chi connectivity index (χ4n) is 3.14. The Morgan fingerprint density at radius 3 is 2.58 bits per heavy atom. The van der Waals surface area contributed by atoms with Gasteiger partial charge in [-0.3, -0.25) is 4.79 Å². The highest BCUT2D eigenvalue weighted by Crippen LogP contribution is 2.15. The maximum absolute atomic E-state index is 12.6. The van der Waals surface area contributed by atoms with Crippen molar-refractivity contribution in [2.24, 2.45) is 5.92 Å². The van der Waals surface area contributed by atoms with Gasteiger partial charge in [0.2, 0.25) is 0 Å². The number of hydrogen-bond acceptors (Lipinski definition) is 2. The van der Waals surface area contributed by atoms with Crippen LogP contribution in [0.3, 0.4) is 0 Å². The summed E-state index contributed by atoms with van der Waals surface area (Å²) in [6.45, 7) is 2.86. The molecule has 128 valence electrons. The van der Waals surface area contributed by atoms with Crippen LogP contribution in [0.15, 0.2) is 54.6 Å². The number of halogens is 1. The Labute approximate surface area is 150 Å². The molecule has 4 heteroatoms. The van der Waals surface area contributed by atoms with Crippen molar-refractivity contribution >= 4 is 18.3 Å². The van der Waals surface area contributed by atoms with Gasteiger partial charge in [0.15, 0.2) is 0 Å². The molecule has 1 atom stereocenters. The number of rotatable bonds is 5. The molecule has 3 rings (SSSR count). The maximum atomic E-state index is 12.6. The summed E-state index contributed by atoms with van der Waals surface area (Å²) >= 11 is 0. The predicted octanol–water partition coefficient (Wildman–Crippen LogP) is 3.43. The van der Waals surface area contributed by atoms with Crippen LogP contribution >= 0.6 is 12.4 Å². The first-order valence-electron chi connectivity index (χ1n) is 8.43. The van der Waals surface area contributed by atoms with Crippen molar-refractivity contribution < 1.29 is 4.79 Å². The smallest absolute Gasteiger partial charge is 0.251 e. The van der Waals surface area contributed by atoms with Crippen molar-refractivity contribution in [2.45, 2.75) is 19.3 Å². The first-order chi connectivity index (χ1) is 11.3. The van der Waals surface area contributed by atoms with Gasteiger partial charge in [-0.05, 0) is 55.5 Å². The normalized spacial score (nSPS) is 16.9. The van der Waals surface area contributed by atoms with Gasteiger partial charge in [-0.1, -0.05) is 48.5 Å². The Balaban J connectivity index is 0.00000208. The summed E-state index contributed by atoms with van der Waals surface area (Å²) < 4.78 is 0. The van der Waals surface area contributed by atoms with Crippen LogP contribution in [-0.4, -0.2) is 25.5 Å². The van der Waals surface area contributed by atoms with Crippen molar-refractivity contribution in [3.8, 4) is 0 Å². The van der Waals surface area contributed by atoms with Gasteiger partial charge in [-0.25, -0.2) is 0 Å². The Bertz CT molecular complexity index is 639. The summed E-state index contributed by atoms with van der Waals surface area (Å²) in [5, 5.41) is 6.51. The summed E-state index contributed by atoms with van der Waals surface area (Å²) in [7, 11) is 0. The number of piperidine rings is 1. The summed E-state index contributed by atoms with van der Waals surface area (Å²) in [6.07, 6.45) is 3.18. The Kier molecular flexibility index (Phi) is 7.29. The zero-order chi connectivity index (χ0) is 15.9. The number of hydrogen-bond donors (Lipinski definition) is 2. The molecule has 24 heavy (non-hydrogen) atoms. The lowest BCUT2D eigenvalue weighted by Gasteiger charge is -2.23. The van der Waals surface area contributed by atoms with E-state index >= 15 is 0 Å². The summed E-state index contributed by atoms with van der Waals surface area (Å²) in [6, 6.07) is 18.2. The molecule has 0 saturated carbocycles. The predicted molar refractivity (Wildman–Crippen MR) is 101 cm³/mol. The van der Waals surface area contributed by atoms with E-state index in [0.29, 0.717) is 5.92 Å². The minimum Gasteiger partial charge on any atom is -0.352 e.